The van der Waals surface area contributed by atoms with Gasteiger partial charge in [0.2, 0.25) is 15.9 Å². The van der Waals surface area contributed by atoms with E-state index in [9.17, 15) is 18.0 Å². The van der Waals surface area contributed by atoms with E-state index in [1.165, 1.54) is 0 Å². The van der Waals surface area contributed by atoms with Crippen LogP contribution >= 0.6 is 0 Å². The third-order valence-corrected chi connectivity index (χ3v) is 4.85. The molecule has 1 rings (SSSR count). The molecule has 0 aromatic heterocycles. The second-order valence-electron chi connectivity index (χ2n) is 3.77. The fourth-order valence-electron chi connectivity index (χ4n) is 1.54. The summed E-state index contributed by atoms with van der Waals surface area (Å²) in [7, 11) is -3.88. The largest absolute Gasteiger partial charge is 0.480 e. The Hall–Kier alpha value is -1.15. The van der Waals surface area contributed by atoms with E-state index in [1.54, 1.807) is 0 Å². The number of nitrogens with two attached hydrogens (primary N) is 1. The predicted octanol–water partition coefficient (Wildman–Crippen LogP) is -1.40. The summed E-state index contributed by atoms with van der Waals surface area (Å²) in [4.78, 5) is 21.5. The Balaban J connectivity index is 2.81. The maximum Gasteiger partial charge on any atom is 0.323 e. The number of carboxylic acid groups (broad SMARTS) is 1. The predicted molar refractivity (Wildman–Crippen MR) is 54.9 cm³/mol. The van der Waals surface area contributed by atoms with Crippen LogP contribution in [0.4, 0.5) is 0 Å². The van der Waals surface area contributed by atoms with Gasteiger partial charge in [0.05, 0.1) is 5.92 Å². The van der Waals surface area contributed by atoms with Crippen LogP contribution in [-0.2, 0) is 19.6 Å². The fourth-order valence-corrected chi connectivity index (χ4v) is 2.99. The summed E-state index contributed by atoms with van der Waals surface area (Å²) < 4.78 is 24.5. The first-order valence-corrected chi connectivity index (χ1v) is 6.28. The van der Waals surface area contributed by atoms with Gasteiger partial charge in [-0.25, -0.2) is 12.7 Å². The third kappa shape index (κ3) is 2.33. The summed E-state index contributed by atoms with van der Waals surface area (Å²) in [6, 6.07) is 0. The molecule has 0 aliphatic carbocycles. The summed E-state index contributed by atoms with van der Waals surface area (Å²) in [6.45, 7) is 1.23. The molecule has 0 radical (unpaired) electrons. The van der Waals surface area contributed by atoms with E-state index >= 15 is 0 Å². The molecule has 0 spiro atoms. The van der Waals surface area contributed by atoms with Crippen LogP contribution in [0.5, 0.6) is 0 Å². The van der Waals surface area contributed by atoms with E-state index < -0.39 is 33.1 Å². The number of sulfonamides is 1. The van der Waals surface area contributed by atoms with E-state index in [0.29, 0.717) is 6.42 Å². The molecule has 3 N–H and O–H groups in total. The first kappa shape index (κ1) is 12.9. The van der Waals surface area contributed by atoms with Crippen molar-refractivity contribution >= 4 is 21.9 Å². The van der Waals surface area contributed by atoms with Crippen LogP contribution in [0.1, 0.15) is 13.3 Å². The molecule has 16 heavy (non-hydrogen) atoms. The van der Waals surface area contributed by atoms with Gasteiger partial charge in [-0.1, -0.05) is 0 Å². The summed E-state index contributed by atoms with van der Waals surface area (Å²) in [5, 5.41) is 7.15. The minimum Gasteiger partial charge on any atom is -0.480 e. The highest BCUT2D eigenvalue weighted by atomic mass is 32.2. The molecule has 0 saturated carbocycles. The lowest BCUT2D eigenvalue weighted by molar-refractivity contribution is -0.136. The average Bonchev–Trinajstić information content (AvgIpc) is 2.65. The van der Waals surface area contributed by atoms with E-state index in [1.807, 2.05) is 0 Å². The number of carbonyl (C=O) groups is 2. The van der Waals surface area contributed by atoms with Crippen LogP contribution in [0, 0.1) is 5.92 Å². The van der Waals surface area contributed by atoms with E-state index in [2.05, 4.69) is 0 Å². The van der Waals surface area contributed by atoms with Crippen molar-refractivity contribution in [2.24, 2.45) is 11.7 Å². The first-order valence-electron chi connectivity index (χ1n) is 4.78. The Morgan fingerprint density at radius 3 is 2.44 bits per heavy atom. The minimum atomic E-state index is -3.88. The molecule has 1 aliphatic heterocycles. The maximum absolute atomic E-state index is 11.7. The normalized spacial score (nSPS) is 24.2. The highest BCUT2D eigenvalue weighted by Crippen LogP contribution is 2.21. The fraction of sp³-hybridized carbons (Fsp3) is 0.750. The molecule has 0 aromatic carbocycles. The van der Waals surface area contributed by atoms with Crippen LogP contribution in [0.25, 0.3) is 0 Å². The number of nitrogens with zero attached hydrogens (tertiary/aromatic N) is 1. The molecule has 1 aliphatic rings. The molecule has 1 heterocycles. The molecule has 1 amide bonds. The molecule has 8 heteroatoms. The van der Waals surface area contributed by atoms with Crippen molar-refractivity contribution in [3.63, 3.8) is 0 Å². The number of primary amides is 1. The highest BCUT2D eigenvalue weighted by Gasteiger charge is 2.39. The van der Waals surface area contributed by atoms with E-state index in [4.69, 9.17) is 10.8 Å². The molecule has 2 unspecified atom stereocenters. The van der Waals surface area contributed by atoms with Crippen molar-refractivity contribution in [1.82, 2.24) is 4.31 Å². The van der Waals surface area contributed by atoms with E-state index in [-0.39, 0.29) is 13.1 Å². The van der Waals surface area contributed by atoms with Gasteiger partial charge < -0.3 is 10.8 Å². The SMILES string of the molecule is CC(C(=O)O)S(=O)(=O)N1CCC(C(N)=O)C1. The molecule has 7 nitrogen and oxygen atoms in total. The number of carboxylic acids is 1. The Kier molecular flexibility index (Phi) is 3.54. The van der Waals surface area contributed by atoms with Crippen molar-refractivity contribution in [2.45, 2.75) is 18.6 Å². The second kappa shape index (κ2) is 4.38. The summed E-state index contributed by atoms with van der Waals surface area (Å²) in [5.41, 5.74) is 5.06. The molecule has 0 aromatic rings. The standard InChI is InChI=1S/C8H14N2O5S/c1-5(8(12)13)16(14,15)10-3-2-6(4-10)7(9)11/h5-6H,2-4H2,1H3,(H2,9,11)(H,12,13). The van der Waals surface area contributed by atoms with Gasteiger partial charge in [0.15, 0.2) is 5.25 Å². The van der Waals surface area contributed by atoms with Crippen LogP contribution in [0.2, 0.25) is 0 Å². The highest BCUT2D eigenvalue weighted by molar-refractivity contribution is 7.90. The number of hydrogen-bond donors (Lipinski definition) is 2. The zero-order valence-corrected chi connectivity index (χ0v) is 9.61. The average molecular weight is 250 g/mol. The van der Waals surface area contributed by atoms with E-state index in [0.717, 1.165) is 11.2 Å². The smallest absolute Gasteiger partial charge is 0.323 e. The maximum atomic E-state index is 11.7. The van der Waals surface area contributed by atoms with Gasteiger partial charge in [-0.05, 0) is 13.3 Å². The summed E-state index contributed by atoms with van der Waals surface area (Å²) in [6.07, 6.45) is 0.348. The van der Waals surface area contributed by atoms with Crippen molar-refractivity contribution in [2.75, 3.05) is 13.1 Å². The molecule has 2 atom stereocenters. The molecule has 1 fully saturated rings. The van der Waals surface area contributed by atoms with Gasteiger partial charge in [-0.3, -0.25) is 9.59 Å². The van der Waals surface area contributed by atoms with Crippen LogP contribution in [-0.4, -0.2) is 48.0 Å². The number of carbonyl (C=O) groups excluding carboxylic acids is 1. The molecule has 1 saturated heterocycles. The Labute approximate surface area is 93.3 Å². The monoisotopic (exact) mass is 250 g/mol. The van der Waals surface area contributed by atoms with Crippen LogP contribution in [0.3, 0.4) is 0 Å². The van der Waals surface area contributed by atoms with Gasteiger partial charge in [-0.15, -0.1) is 0 Å². The summed E-state index contributed by atoms with van der Waals surface area (Å²) >= 11 is 0. The quantitative estimate of drug-likeness (QED) is 0.636. The zero-order valence-electron chi connectivity index (χ0n) is 8.79. The number of aliphatic carboxylic acids is 1. The van der Waals surface area contributed by atoms with Crippen molar-refractivity contribution in [1.29, 1.82) is 0 Å². The van der Waals surface area contributed by atoms with Crippen molar-refractivity contribution < 1.29 is 23.1 Å². The Bertz CT molecular complexity index is 405. The zero-order chi connectivity index (χ0) is 12.5. The molecule has 0 bridgehead atoms. The molecule has 92 valence electrons. The summed E-state index contributed by atoms with van der Waals surface area (Å²) in [5.74, 6) is -2.47. The van der Waals surface area contributed by atoms with Gasteiger partial charge in [0, 0.05) is 13.1 Å². The lowest BCUT2D eigenvalue weighted by atomic mass is 10.1. The molecular formula is C8H14N2O5S. The number of amides is 1. The Morgan fingerprint density at radius 1 is 1.50 bits per heavy atom. The van der Waals surface area contributed by atoms with Crippen molar-refractivity contribution in [3.05, 3.63) is 0 Å². The van der Waals surface area contributed by atoms with Gasteiger partial charge >= 0.3 is 5.97 Å². The molecular weight excluding hydrogens is 236 g/mol. The van der Waals surface area contributed by atoms with Gasteiger partial charge in [0.25, 0.3) is 0 Å². The van der Waals surface area contributed by atoms with Gasteiger partial charge in [-0.2, -0.15) is 0 Å². The van der Waals surface area contributed by atoms with Crippen LogP contribution < -0.4 is 5.73 Å². The minimum absolute atomic E-state index is 0.0186. The second-order valence-corrected chi connectivity index (χ2v) is 6.02. The number of hydrogen-bond acceptors (Lipinski definition) is 4. The lowest BCUT2D eigenvalue weighted by Crippen LogP contribution is -2.40. The van der Waals surface area contributed by atoms with Crippen molar-refractivity contribution in [3.8, 4) is 0 Å². The van der Waals surface area contributed by atoms with Gasteiger partial charge in [0.1, 0.15) is 0 Å². The third-order valence-electron chi connectivity index (χ3n) is 2.71. The Morgan fingerprint density at radius 2 is 2.06 bits per heavy atom. The lowest BCUT2D eigenvalue weighted by Gasteiger charge is -2.18. The first-order chi connectivity index (χ1) is 7.26. The topological polar surface area (TPSA) is 118 Å². The van der Waals surface area contributed by atoms with Crippen LogP contribution in [0.15, 0.2) is 0 Å². The number of rotatable bonds is 4.